The molecule has 1 N–H and O–H groups in total. The third-order valence-corrected chi connectivity index (χ3v) is 2.33. The van der Waals surface area contributed by atoms with Crippen LogP contribution in [0.1, 0.15) is 26.7 Å². The first-order chi connectivity index (χ1) is 6.56. The van der Waals surface area contributed by atoms with Gasteiger partial charge in [-0.2, -0.15) is 0 Å². The highest BCUT2D eigenvalue weighted by Gasteiger charge is 2.06. The summed E-state index contributed by atoms with van der Waals surface area (Å²) in [6, 6.07) is 1.14. The topological polar surface area (TPSA) is 24.5 Å². The second-order valence-corrected chi connectivity index (χ2v) is 4.34. The predicted molar refractivity (Wildman–Crippen MR) is 61.7 cm³/mol. The van der Waals surface area contributed by atoms with E-state index in [0.29, 0.717) is 12.1 Å². The third kappa shape index (κ3) is 8.48. The van der Waals surface area contributed by atoms with E-state index in [1.165, 1.54) is 6.42 Å². The minimum absolute atomic E-state index is 0.548. The summed E-state index contributed by atoms with van der Waals surface area (Å²) in [6.07, 6.45) is 2.28. The molecule has 0 bridgehead atoms. The number of hydrogen-bond donors (Lipinski definition) is 1. The number of hydrogen-bond acceptors (Lipinski definition) is 3. The number of rotatable bonds is 8. The van der Waals surface area contributed by atoms with Crippen LogP contribution in [0.4, 0.5) is 0 Å². The minimum atomic E-state index is 0.548. The Labute approximate surface area is 88.8 Å². The number of ether oxygens (including phenoxy) is 1. The molecule has 3 nitrogen and oxygen atoms in total. The van der Waals surface area contributed by atoms with E-state index in [9.17, 15) is 0 Å². The molecule has 0 aromatic rings. The molecule has 0 rings (SSSR count). The van der Waals surface area contributed by atoms with Crippen LogP contribution in [0, 0.1) is 0 Å². The van der Waals surface area contributed by atoms with Crippen molar-refractivity contribution in [3.63, 3.8) is 0 Å². The highest BCUT2D eigenvalue weighted by molar-refractivity contribution is 4.68. The normalized spacial score (nSPS) is 15.9. The second-order valence-electron chi connectivity index (χ2n) is 4.34. The average Bonchev–Trinajstić information content (AvgIpc) is 2.11. The van der Waals surface area contributed by atoms with Crippen LogP contribution >= 0.6 is 0 Å². The smallest absolute Gasteiger partial charge is 0.0476 e. The average molecular weight is 202 g/mol. The van der Waals surface area contributed by atoms with Crippen LogP contribution in [-0.2, 0) is 4.74 Å². The maximum atomic E-state index is 5.04. The van der Waals surface area contributed by atoms with Crippen LogP contribution in [0.5, 0.6) is 0 Å². The van der Waals surface area contributed by atoms with Crippen molar-refractivity contribution in [1.82, 2.24) is 10.2 Å². The van der Waals surface area contributed by atoms with Crippen LogP contribution in [0.2, 0.25) is 0 Å². The van der Waals surface area contributed by atoms with E-state index >= 15 is 0 Å². The lowest BCUT2D eigenvalue weighted by Gasteiger charge is -2.21. The van der Waals surface area contributed by atoms with Crippen LogP contribution in [0.15, 0.2) is 0 Å². The Balaban J connectivity index is 3.44. The molecular weight excluding hydrogens is 176 g/mol. The summed E-state index contributed by atoms with van der Waals surface area (Å²) in [7, 11) is 5.98. The molecule has 3 heteroatoms. The zero-order valence-corrected chi connectivity index (χ0v) is 10.3. The van der Waals surface area contributed by atoms with E-state index in [2.05, 4.69) is 38.2 Å². The molecule has 2 atom stereocenters. The molecule has 0 radical (unpaired) electrons. The van der Waals surface area contributed by atoms with Gasteiger partial charge in [0, 0.05) is 25.8 Å². The highest BCUT2D eigenvalue weighted by atomic mass is 16.5. The van der Waals surface area contributed by atoms with Crippen molar-refractivity contribution in [3.8, 4) is 0 Å². The Morgan fingerprint density at radius 2 is 1.71 bits per heavy atom. The minimum Gasteiger partial charge on any atom is -0.385 e. The molecule has 0 aromatic carbocycles. The molecule has 0 saturated carbocycles. The maximum absolute atomic E-state index is 5.04. The van der Waals surface area contributed by atoms with Crippen LogP contribution in [-0.4, -0.2) is 51.3 Å². The Hall–Kier alpha value is -0.120. The number of methoxy groups -OCH3 is 1. The lowest BCUT2D eigenvalue weighted by Crippen LogP contribution is -2.36. The maximum Gasteiger partial charge on any atom is 0.0476 e. The van der Waals surface area contributed by atoms with E-state index in [0.717, 1.165) is 19.6 Å². The summed E-state index contributed by atoms with van der Waals surface area (Å²) in [5, 5.41) is 3.56. The van der Waals surface area contributed by atoms with Gasteiger partial charge < -0.3 is 15.0 Å². The molecule has 0 amide bonds. The Kier molecular flexibility index (Phi) is 8.14. The van der Waals surface area contributed by atoms with E-state index in [-0.39, 0.29) is 0 Å². The zero-order chi connectivity index (χ0) is 11.0. The molecular formula is C11H26N2O. The predicted octanol–water partition coefficient (Wildman–Crippen LogP) is 1.34. The molecule has 2 unspecified atom stereocenters. The van der Waals surface area contributed by atoms with Gasteiger partial charge in [-0.15, -0.1) is 0 Å². The summed E-state index contributed by atoms with van der Waals surface area (Å²) in [6.45, 7) is 6.44. The Morgan fingerprint density at radius 3 is 2.21 bits per heavy atom. The number of nitrogens with one attached hydrogen (secondary N) is 1. The third-order valence-electron chi connectivity index (χ3n) is 2.33. The standard InChI is InChI=1S/C11H26N2O/c1-10(6-8-13(3)4)12-11(2)7-9-14-5/h10-12H,6-9H2,1-5H3. The van der Waals surface area contributed by atoms with Crippen LogP contribution in [0.3, 0.4) is 0 Å². The molecule has 0 heterocycles. The summed E-state index contributed by atoms with van der Waals surface area (Å²) in [5.74, 6) is 0. The summed E-state index contributed by atoms with van der Waals surface area (Å²) in [4.78, 5) is 2.22. The lowest BCUT2D eigenvalue weighted by atomic mass is 10.1. The van der Waals surface area contributed by atoms with Crippen LogP contribution < -0.4 is 5.32 Å². The van der Waals surface area contributed by atoms with Gasteiger partial charge in [0.05, 0.1) is 0 Å². The monoisotopic (exact) mass is 202 g/mol. The van der Waals surface area contributed by atoms with E-state index < -0.39 is 0 Å². The molecule has 0 spiro atoms. The highest BCUT2D eigenvalue weighted by Crippen LogP contribution is 1.97. The first-order valence-electron chi connectivity index (χ1n) is 5.46. The fraction of sp³-hybridized carbons (Fsp3) is 1.00. The lowest BCUT2D eigenvalue weighted by molar-refractivity contribution is 0.182. The van der Waals surface area contributed by atoms with Crippen molar-refractivity contribution in [3.05, 3.63) is 0 Å². The summed E-state index contributed by atoms with van der Waals surface area (Å²) >= 11 is 0. The van der Waals surface area contributed by atoms with Crippen molar-refractivity contribution in [2.24, 2.45) is 0 Å². The van der Waals surface area contributed by atoms with Gasteiger partial charge in [0.1, 0.15) is 0 Å². The Morgan fingerprint density at radius 1 is 1.14 bits per heavy atom. The van der Waals surface area contributed by atoms with E-state index in [1.54, 1.807) is 7.11 Å². The molecule has 86 valence electrons. The van der Waals surface area contributed by atoms with Gasteiger partial charge in [-0.25, -0.2) is 0 Å². The molecule has 0 aliphatic rings. The van der Waals surface area contributed by atoms with Gasteiger partial charge in [0.25, 0.3) is 0 Å². The first-order valence-corrected chi connectivity index (χ1v) is 5.46. The Bertz CT molecular complexity index is 128. The number of nitrogens with zero attached hydrogens (tertiary/aromatic N) is 1. The van der Waals surface area contributed by atoms with Crippen molar-refractivity contribution in [1.29, 1.82) is 0 Å². The second kappa shape index (κ2) is 8.21. The van der Waals surface area contributed by atoms with E-state index in [1.807, 2.05) is 0 Å². The SMILES string of the molecule is COCCC(C)NC(C)CCN(C)C. The van der Waals surface area contributed by atoms with Gasteiger partial charge in [0.2, 0.25) is 0 Å². The molecule has 0 aromatic heterocycles. The quantitative estimate of drug-likeness (QED) is 0.643. The molecule has 0 fully saturated rings. The molecule has 0 aliphatic carbocycles. The fourth-order valence-electron chi connectivity index (χ4n) is 1.40. The molecule has 14 heavy (non-hydrogen) atoms. The molecule has 0 saturated heterocycles. The van der Waals surface area contributed by atoms with Crippen molar-refractivity contribution in [2.45, 2.75) is 38.8 Å². The van der Waals surface area contributed by atoms with Gasteiger partial charge in [-0.05, 0) is 47.3 Å². The first kappa shape index (κ1) is 13.9. The van der Waals surface area contributed by atoms with Gasteiger partial charge in [-0.3, -0.25) is 0 Å². The zero-order valence-electron chi connectivity index (χ0n) is 10.3. The van der Waals surface area contributed by atoms with Gasteiger partial charge >= 0.3 is 0 Å². The summed E-state index contributed by atoms with van der Waals surface area (Å²) < 4.78 is 5.04. The van der Waals surface area contributed by atoms with Crippen LogP contribution in [0.25, 0.3) is 0 Å². The van der Waals surface area contributed by atoms with Gasteiger partial charge in [-0.1, -0.05) is 0 Å². The van der Waals surface area contributed by atoms with E-state index in [4.69, 9.17) is 4.74 Å². The fourth-order valence-corrected chi connectivity index (χ4v) is 1.40. The van der Waals surface area contributed by atoms with Crippen molar-refractivity contribution < 1.29 is 4.74 Å². The van der Waals surface area contributed by atoms with Crippen molar-refractivity contribution >= 4 is 0 Å². The van der Waals surface area contributed by atoms with Gasteiger partial charge in [0.15, 0.2) is 0 Å². The summed E-state index contributed by atoms with van der Waals surface area (Å²) in [5.41, 5.74) is 0. The molecule has 0 aliphatic heterocycles. The van der Waals surface area contributed by atoms with Crippen molar-refractivity contribution in [2.75, 3.05) is 34.4 Å². The largest absolute Gasteiger partial charge is 0.385 e.